The number of aromatic nitrogens is 2. The second kappa shape index (κ2) is 7.23. The van der Waals surface area contributed by atoms with Gasteiger partial charge < -0.3 is 19.1 Å². The fourth-order valence-electron chi connectivity index (χ4n) is 2.13. The Bertz CT molecular complexity index is 910. The minimum Gasteiger partial charge on any atom is -0.507 e. The number of benzene rings is 2. The molecule has 0 bridgehead atoms. The smallest absolute Gasteiger partial charge is 0.342 e. The van der Waals surface area contributed by atoms with E-state index in [4.69, 9.17) is 25.6 Å². The van der Waals surface area contributed by atoms with Crippen LogP contribution in [-0.4, -0.2) is 28.3 Å². The number of rotatable bonds is 5. The molecule has 0 aliphatic carbocycles. The van der Waals surface area contributed by atoms with Gasteiger partial charge in [0.25, 0.3) is 5.89 Å². The molecule has 2 aromatic carbocycles. The van der Waals surface area contributed by atoms with Crippen molar-refractivity contribution in [3.63, 3.8) is 0 Å². The van der Waals surface area contributed by atoms with Crippen LogP contribution in [0.4, 0.5) is 0 Å². The van der Waals surface area contributed by atoms with Gasteiger partial charge in [0.05, 0.1) is 12.7 Å². The molecule has 1 N–H and O–H groups in total. The van der Waals surface area contributed by atoms with Crippen LogP contribution in [0.5, 0.6) is 11.5 Å². The van der Waals surface area contributed by atoms with Crippen molar-refractivity contribution in [3.05, 3.63) is 58.9 Å². The number of aromatic hydroxyl groups is 1. The number of esters is 1. The molecule has 128 valence electrons. The first-order valence-electron chi connectivity index (χ1n) is 7.20. The molecule has 0 radical (unpaired) electrons. The molecule has 0 saturated heterocycles. The number of hydrogen-bond acceptors (Lipinski definition) is 7. The summed E-state index contributed by atoms with van der Waals surface area (Å²) in [5, 5.41) is 13.8. The van der Waals surface area contributed by atoms with E-state index in [9.17, 15) is 9.90 Å². The van der Waals surface area contributed by atoms with E-state index in [2.05, 4.69) is 10.1 Å². The van der Waals surface area contributed by atoms with E-state index < -0.39 is 5.97 Å². The first kappa shape index (κ1) is 16.8. The number of hydrogen-bond donors (Lipinski definition) is 1. The van der Waals surface area contributed by atoms with Crippen molar-refractivity contribution < 1.29 is 23.9 Å². The highest BCUT2D eigenvalue weighted by molar-refractivity contribution is 6.31. The number of para-hydroxylation sites is 1. The predicted molar refractivity (Wildman–Crippen MR) is 88.5 cm³/mol. The predicted octanol–water partition coefficient (Wildman–Crippen LogP) is 3.46. The van der Waals surface area contributed by atoms with Gasteiger partial charge in [-0.3, -0.25) is 0 Å². The van der Waals surface area contributed by atoms with Gasteiger partial charge in [0.1, 0.15) is 17.1 Å². The number of halogens is 1. The van der Waals surface area contributed by atoms with Crippen LogP contribution in [0.3, 0.4) is 0 Å². The summed E-state index contributed by atoms with van der Waals surface area (Å²) in [6.45, 7) is -0.243. The topological polar surface area (TPSA) is 94.7 Å². The molecule has 8 heteroatoms. The van der Waals surface area contributed by atoms with Gasteiger partial charge in [0.2, 0.25) is 5.82 Å². The van der Waals surface area contributed by atoms with Crippen molar-refractivity contribution in [2.45, 2.75) is 6.61 Å². The highest BCUT2D eigenvalue weighted by Crippen LogP contribution is 2.27. The number of ether oxygens (including phenoxy) is 2. The van der Waals surface area contributed by atoms with Gasteiger partial charge in [-0.1, -0.05) is 28.9 Å². The average molecular weight is 361 g/mol. The third-order valence-electron chi connectivity index (χ3n) is 3.32. The normalized spacial score (nSPS) is 10.5. The van der Waals surface area contributed by atoms with Gasteiger partial charge in [-0.05, 0) is 30.3 Å². The van der Waals surface area contributed by atoms with Crippen LogP contribution in [0.2, 0.25) is 5.02 Å². The Morgan fingerprint density at radius 1 is 1.28 bits per heavy atom. The quantitative estimate of drug-likeness (QED) is 0.696. The Morgan fingerprint density at radius 2 is 2.08 bits per heavy atom. The van der Waals surface area contributed by atoms with E-state index in [1.807, 2.05) is 12.1 Å². The Hall–Kier alpha value is -3.06. The van der Waals surface area contributed by atoms with E-state index in [1.165, 1.54) is 18.2 Å². The molecule has 0 fully saturated rings. The second-order valence-corrected chi connectivity index (χ2v) is 5.39. The first-order valence-corrected chi connectivity index (χ1v) is 7.58. The summed E-state index contributed by atoms with van der Waals surface area (Å²) in [4.78, 5) is 16.2. The van der Waals surface area contributed by atoms with Gasteiger partial charge in [-0.25, -0.2) is 4.79 Å². The monoisotopic (exact) mass is 360 g/mol. The maximum atomic E-state index is 12.0. The average Bonchev–Trinajstić information content (AvgIpc) is 3.10. The number of phenolic OH excluding ortho intramolecular Hbond substituents is 1. The Kier molecular flexibility index (Phi) is 4.85. The van der Waals surface area contributed by atoms with Crippen molar-refractivity contribution in [1.82, 2.24) is 10.1 Å². The fourth-order valence-corrected chi connectivity index (χ4v) is 2.30. The molecule has 3 aromatic rings. The lowest BCUT2D eigenvalue weighted by molar-refractivity contribution is 0.0426. The summed E-state index contributed by atoms with van der Waals surface area (Å²) in [5.41, 5.74) is 0.607. The molecule has 1 aromatic heterocycles. The van der Waals surface area contributed by atoms with Gasteiger partial charge >= 0.3 is 5.97 Å². The molecular weight excluding hydrogens is 348 g/mol. The zero-order chi connectivity index (χ0) is 17.8. The van der Waals surface area contributed by atoms with Crippen LogP contribution in [-0.2, 0) is 11.3 Å². The summed E-state index contributed by atoms with van der Waals surface area (Å²) in [6, 6.07) is 11.3. The number of nitrogens with zero attached hydrogens (tertiary/aromatic N) is 2. The largest absolute Gasteiger partial charge is 0.507 e. The highest BCUT2D eigenvalue weighted by Gasteiger charge is 2.17. The number of phenols is 1. The van der Waals surface area contributed by atoms with Crippen LogP contribution in [0, 0.1) is 0 Å². The van der Waals surface area contributed by atoms with Crippen molar-refractivity contribution in [3.8, 4) is 22.9 Å². The zero-order valence-electron chi connectivity index (χ0n) is 13.1. The van der Waals surface area contributed by atoms with E-state index in [0.717, 1.165) is 0 Å². The molecule has 0 aliphatic rings. The Morgan fingerprint density at radius 3 is 2.88 bits per heavy atom. The molecule has 7 nitrogen and oxygen atoms in total. The first-order chi connectivity index (χ1) is 12.1. The van der Waals surface area contributed by atoms with Crippen LogP contribution in [0.25, 0.3) is 11.4 Å². The Labute approximate surface area is 147 Å². The fraction of sp³-hybridized carbons (Fsp3) is 0.118. The second-order valence-electron chi connectivity index (χ2n) is 4.95. The van der Waals surface area contributed by atoms with Crippen molar-refractivity contribution in [2.24, 2.45) is 0 Å². The molecule has 1 heterocycles. The molecule has 25 heavy (non-hydrogen) atoms. The van der Waals surface area contributed by atoms with Gasteiger partial charge in [0.15, 0.2) is 6.61 Å². The molecule has 0 amide bonds. The standard InChI is InChI=1S/C17H13ClN2O5/c1-23-14-5-3-2-4-11(14)16-19-15(25-20-16)9-24-17(22)12-8-10(18)6-7-13(12)21/h2-8,21H,9H2,1H3. The van der Waals surface area contributed by atoms with E-state index in [1.54, 1.807) is 19.2 Å². The maximum Gasteiger partial charge on any atom is 0.342 e. The van der Waals surface area contributed by atoms with E-state index >= 15 is 0 Å². The minimum absolute atomic E-state index is 0.0445. The molecule has 0 saturated carbocycles. The summed E-state index contributed by atoms with van der Waals surface area (Å²) in [6.07, 6.45) is 0. The lowest BCUT2D eigenvalue weighted by atomic mass is 10.2. The number of carbonyl (C=O) groups excluding carboxylic acids is 1. The molecule has 0 atom stereocenters. The summed E-state index contributed by atoms with van der Waals surface area (Å²) in [5.74, 6) is 0.0345. The van der Waals surface area contributed by atoms with Gasteiger partial charge in [0, 0.05) is 5.02 Å². The summed E-state index contributed by atoms with van der Waals surface area (Å²) in [7, 11) is 1.54. The minimum atomic E-state index is -0.753. The molecule has 0 unspecified atom stereocenters. The van der Waals surface area contributed by atoms with Gasteiger partial charge in [-0.2, -0.15) is 4.98 Å². The highest BCUT2D eigenvalue weighted by atomic mass is 35.5. The molecule has 0 aliphatic heterocycles. The number of carbonyl (C=O) groups is 1. The third-order valence-corrected chi connectivity index (χ3v) is 3.56. The van der Waals surface area contributed by atoms with Crippen molar-refractivity contribution in [1.29, 1.82) is 0 Å². The van der Waals surface area contributed by atoms with Crippen LogP contribution < -0.4 is 4.74 Å². The lowest BCUT2D eigenvalue weighted by Crippen LogP contribution is -2.05. The molecule has 3 rings (SSSR count). The van der Waals surface area contributed by atoms with Gasteiger partial charge in [-0.15, -0.1) is 0 Å². The van der Waals surface area contributed by atoms with Crippen LogP contribution >= 0.6 is 11.6 Å². The molecular formula is C17H13ClN2O5. The van der Waals surface area contributed by atoms with Crippen LogP contribution in [0.15, 0.2) is 47.0 Å². The number of methoxy groups -OCH3 is 1. The van der Waals surface area contributed by atoms with Crippen molar-refractivity contribution in [2.75, 3.05) is 7.11 Å². The molecule has 0 spiro atoms. The van der Waals surface area contributed by atoms with Crippen LogP contribution in [0.1, 0.15) is 16.2 Å². The van der Waals surface area contributed by atoms with E-state index in [0.29, 0.717) is 22.2 Å². The lowest BCUT2D eigenvalue weighted by Gasteiger charge is -2.04. The maximum absolute atomic E-state index is 12.0. The van der Waals surface area contributed by atoms with Crippen molar-refractivity contribution >= 4 is 17.6 Å². The third kappa shape index (κ3) is 3.72. The zero-order valence-corrected chi connectivity index (χ0v) is 13.9. The SMILES string of the molecule is COc1ccccc1-c1noc(COC(=O)c2cc(Cl)ccc2O)n1. The van der Waals surface area contributed by atoms with E-state index in [-0.39, 0.29) is 23.8 Å². The summed E-state index contributed by atoms with van der Waals surface area (Å²) >= 11 is 5.81. The Balaban J connectivity index is 1.72. The summed E-state index contributed by atoms with van der Waals surface area (Å²) < 4.78 is 15.4.